The zero-order chi connectivity index (χ0) is 17.4. The molecule has 0 radical (unpaired) electrons. The summed E-state index contributed by atoms with van der Waals surface area (Å²) in [6.45, 7) is 4.10. The highest BCUT2D eigenvalue weighted by Crippen LogP contribution is 2.22. The Kier molecular flexibility index (Phi) is 9.55. The van der Waals surface area contributed by atoms with Crippen LogP contribution >= 0.6 is 24.0 Å². The molecule has 1 heterocycles. The number of hydrogen-bond acceptors (Lipinski definition) is 2. The molecule has 1 atom stereocenters. The molecule has 0 aromatic heterocycles. The van der Waals surface area contributed by atoms with Gasteiger partial charge >= 0.3 is 6.18 Å². The van der Waals surface area contributed by atoms with Gasteiger partial charge in [-0.05, 0) is 31.4 Å². The van der Waals surface area contributed by atoms with Crippen molar-refractivity contribution in [1.29, 1.82) is 0 Å². The molecule has 8 heteroatoms. The van der Waals surface area contributed by atoms with E-state index < -0.39 is 12.7 Å². The third-order valence-corrected chi connectivity index (χ3v) is 3.94. The van der Waals surface area contributed by atoms with Crippen LogP contribution in [0.4, 0.5) is 13.2 Å². The molecule has 0 amide bonds. The number of nitrogens with zero attached hydrogens (tertiary/aromatic N) is 2. The maximum atomic E-state index is 12.4. The van der Waals surface area contributed by atoms with Crippen LogP contribution in [0, 0.1) is 5.92 Å². The van der Waals surface area contributed by atoms with Gasteiger partial charge in [-0.1, -0.05) is 30.3 Å². The van der Waals surface area contributed by atoms with E-state index in [0.717, 1.165) is 18.5 Å². The third kappa shape index (κ3) is 8.75. The Morgan fingerprint density at radius 3 is 2.60 bits per heavy atom. The van der Waals surface area contributed by atoms with E-state index in [0.29, 0.717) is 32.1 Å². The van der Waals surface area contributed by atoms with Crippen LogP contribution in [-0.4, -0.2) is 49.8 Å². The highest BCUT2D eigenvalue weighted by atomic mass is 127. The lowest BCUT2D eigenvalue weighted by atomic mass is 10.1. The summed E-state index contributed by atoms with van der Waals surface area (Å²) in [6, 6.07) is 9.93. The highest BCUT2D eigenvalue weighted by Gasteiger charge is 2.34. The van der Waals surface area contributed by atoms with Crippen molar-refractivity contribution in [2.75, 3.05) is 32.7 Å². The number of benzene rings is 1. The summed E-state index contributed by atoms with van der Waals surface area (Å²) >= 11 is 0. The van der Waals surface area contributed by atoms with Gasteiger partial charge in [0.05, 0.1) is 13.1 Å². The van der Waals surface area contributed by atoms with Crippen molar-refractivity contribution in [3.63, 3.8) is 0 Å². The lowest BCUT2D eigenvalue weighted by Gasteiger charge is -2.18. The number of nitrogens with one attached hydrogen (secondary N) is 2. The fourth-order valence-corrected chi connectivity index (χ4v) is 2.81. The molecule has 0 spiro atoms. The molecular formula is C17H26F3IN4. The maximum Gasteiger partial charge on any atom is 0.401 e. The van der Waals surface area contributed by atoms with Gasteiger partial charge in [0.2, 0.25) is 0 Å². The quantitative estimate of drug-likeness (QED) is 0.381. The summed E-state index contributed by atoms with van der Waals surface area (Å²) in [6.07, 6.45) is -3.34. The van der Waals surface area contributed by atoms with E-state index in [1.165, 1.54) is 4.90 Å². The van der Waals surface area contributed by atoms with E-state index in [-0.39, 0.29) is 29.9 Å². The van der Waals surface area contributed by atoms with Crippen LogP contribution in [0.15, 0.2) is 35.3 Å². The molecule has 4 nitrogen and oxygen atoms in total. The standard InChI is InChI=1S/C17H25F3N4.HI/c1-2-21-16(22-10-14-6-4-3-5-7-14)23-11-15-8-9-24(12-15)13-17(18,19)20;/h3-7,15H,2,8-13H2,1H3,(H2,21,22,23);1H. The van der Waals surface area contributed by atoms with Gasteiger partial charge in [0, 0.05) is 19.6 Å². The van der Waals surface area contributed by atoms with E-state index >= 15 is 0 Å². The lowest BCUT2D eigenvalue weighted by molar-refractivity contribution is -0.143. The van der Waals surface area contributed by atoms with Gasteiger partial charge in [0.25, 0.3) is 0 Å². The van der Waals surface area contributed by atoms with Crippen molar-refractivity contribution < 1.29 is 13.2 Å². The van der Waals surface area contributed by atoms with Crippen LogP contribution in [0.5, 0.6) is 0 Å². The van der Waals surface area contributed by atoms with E-state index in [9.17, 15) is 13.2 Å². The first-order chi connectivity index (χ1) is 11.5. The Morgan fingerprint density at radius 2 is 1.96 bits per heavy atom. The number of rotatable bonds is 6. The molecule has 0 bridgehead atoms. The van der Waals surface area contributed by atoms with Gasteiger partial charge in [-0.25, -0.2) is 4.99 Å². The summed E-state index contributed by atoms with van der Waals surface area (Å²) in [7, 11) is 0. The first-order valence-corrected chi connectivity index (χ1v) is 8.31. The van der Waals surface area contributed by atoms with Crippen molar-refractivity contribution in [3.8, 4) is 0 Å². The van der Waals surface area contributed by atoms with Gasteiger partial charge in [-0.15, -0.1) is 24.0 Å². The molecular weight excluding hydrogens is 444 g/mol. The molecule has 2 N–H and O–H groups in total. The van der Waals surface area contributed by atoms with Crippen LogP contribution in [0.3, 0.4) is 0 Å². The molecule has 25 heavy (non-hydrogen) atoms. The molecule has 1 fully saturated rings. The predicted octanol–water partition coefficient (Wildman–Crippen LogP) is 3.24. The molecule has 1 saturated heterocycles. The number of alkyl halides is 3. The number of guanidine groups is 1. The minimum absolute atomic E-state index is 0. The summed E-state index contributed by atoms with van der Waals surface area (Å²) < 4.78 is 37.3. The third-order valence-electron chi connectivity index (χ3n) is 3.94. The molecule has 0 aliphatic carbocycles. The fraction of sp³-hybridized carbons (Fsp3) is 0.588. The lowest BCUT2D eigenvalue weighted by Crippen LogP contribution is -2.40. The van der Waals surface area contributed by atoms with Gasteiger partial charge < -0.3 is 10.6 Å². The number of aliphatic imine (C=N–C) groups is 1. The normalized spacial score (nSPS) is 18.7. The minimum atomic E-state index is -4.12. The fourth-order valence-electron chi connectivity index (χ4n) is 2.81. The van der Waals surface area contributed by atoms with Crippen LogP contribution < -0.4 is 10.6 Å². The van der Waals surface area contributed by atoms with Gasteiger partial charge in [-0.2, -0.15) is 13.2 Å². The minimum Gasteiger partial charge on any atom is -0.357 e. The number of halogens is 4. The van der Waals surface area contributed by atoms with Crippen molar-refractivity contribution in [2.45, 2.75) is 26.1 Å². The number of likely N-dealkylation sites (tertiary alicyclic amines) is 1. The smallest absolute Gasteiger partial charge is 0.357 e. The number of hydrogen-bond donors (Lipinski definition) is 2. The topological polar surface area (TPSA) is 39.7 Å². The average molecular weight is 470 g/mol. The molecule has 1 aliphatic rings. The Labute approximate surface area is 164 Å². The summed E-state index contributed by atoms with van der Waals surface area (Å²) in [5.41, 5.74) is 1.12. The van der Waals surface area contributed by atoms with E-state index in [1.54, 1.807) is 0 Å². The summed E-state index contributed by atoms with van der Waals surface area (Å²) in [5, 5.41) is 6.42. The Bertz CT molecular complexity index is 522. The van der Waals surface area contributed by atoms with Crippen molar-refractivity contribution >= 4 is 29.9 Å². The molecule has 1 aliphatic heterocycles. The maximum absolute atomic E-state index is 12.4. The Morgan fingerprint density at radius 1 is 1.24 bits per heavy atom. The van der Waals surface area contributed by atoms with Crippen molar-refractivity contribution in [2.24, 2.45) is 10.9 Å². The monoisotopic (exact) mass is 470 g/mol. The van der Waals surface area contributed by atoms with E-state index in [2.05, 4.69) is 15.6 Å². The zero-order valence-corrected chi connectivity index (χ0v) is 16.7. The van der Waals surface area contributed by atoms with Crippen LogP contribution in [0.25, 0.3) is 0 Å². The molecule has 0 saturated carbocycles. The van der Waals surface area contributed by atoms with Crippen LogP contribution in [0.1, 0.15) is 18.9 Å². The second-order valence-electron chi connectivity index (χ2n) is 6.07. The Balaban J connectivity index is 0.00000312. The van der Waals surface area contributed by atoms with Crippen LogP contribution in [0.2, 0.25) is 0 Å². The van der Waals surface area contributed by atoms with Crippen LogP contribution in [-0.2, 0) is 6.54 Å². The highest BCUT2D eigenvalue weighted by molar-refractivity contribution is 14.0. The van der Waals surface area contributed by atoms with Gasteiger partial charge in [-0.3, -0.25) is 4.90 Å². The van der Waals surface area contributed by atoms with Crippen molar-refractivity contribution in [3.05, 3.63) is 35.9 Å². The summed E-state index contributed by atoms with van der Waals surface area (Å²) in [5.74, 6) is 0.920. The van der Waals surface area contributed by atoms with E-state index in [4.69, 9.17) is 0 Å². The first kappa shape index (κ1) is 22.0. The molecule has 1 unspecified atom stereocenters. The van der Waals surface area contributed by atoms with Gasteiger partial charge in [0.15, 0.2) is 5.96 Å². The summed E-state index contributed by atoms with van der Waals surface area (Å²) in [4.78, 5) is 6.00. The Hall–Kier alpha value is -1.03. The second-order valence-corrected chi connectivity index (χ2v) is 6.07. The SMILES string of the molecule is CCNC(=NCc1ccccc1)NCC1CCN(CC(F)(F)F)C1.I. The largest absolute Gasteiger partial charge is 0.401 e. The molecule has 2 rings (SSSR count). The van der Waals surface area contributed by atoms with Crippen molar-refractivity contribution in [1.82, 2.24) is 15.5 Å². The second kappa shape index (κ2) is 10.8. The predicted molar refractivity (Wildman–Crippen MR) is 105 cm³/mol. The van der Waals surface area contributed by atoms with Gasteiger partial charge in [0.1, 0.15) is 0 Å². The zero-order valence-electron chi connectivity index (χ0n) is 14.4. The first-order valence-electron chi connectivity index (χ1n) is 8.31. The molecule has 142 valence electrons. The molecule has 1 aromatic rings. The van der Waals surface area contributed by atoms with E-state index in [1.807, 2.05) is 37.3 Å². The molecule has 1 aromatic carbocycles. The average Bonchev–Trinajstić information content (AvgIpc) is 2.96.